The van der Waals surface area contributed by atoms with Gasteiger partial charge >= 0.3 is 0 Å². The fourth-order valence-corrected chi connectivity index (χ4v) is 8.15. The van der Waals surface area contributed by atoms with Crippen LogP contribution in [0.4, 0.5) is 11.4 Å². The first-order valence-electron chi connectivity index (χ1n) is 11.1. The first-order chi connectivity index (χ1) is 18.6. The molecule has 17 heteroatoms. The lowest BCUT2D eigenvalue weighted by molar-refractivity contribution is -0.385. The third kappa shape index (κ3) is 3.61. The van der Waals surface area contributed by atoms with Gasteiger partial charge in [0.1, 0.15) is 9.75 Å². The van der Waals surface area contributed by atoms with E-state index in [0.29, 0.717) is 10.6 Å². The number of hydrogen-bond acceptors (Lipinski definition) is 7. The van der Waals surface area contributed by atoms with Gasteiger partial charge in [-0.25, -0.2) is 5.01 Å². The Morgan fingerprint density at radius 2 is 1.20 bits per heavy atom. The predicted octanol–water partition coefficient (Wildman–Crippen LogP) is 5.51. The first kappa shape index (κ1) is 28.8. The molecule has 2 aromatic rings. The van der Waals surface area contributed by atoms with Crippen LogP contribution in [0.15, 0.2) is 58.6 Å². The van der Waals surface area contributed by atoms with Gasteiger partial charge in [-0.2, -0.15) is 5.01 Å². The number of fused-ring (bicyclic) bond motifs is 5. The van der Waals surface area contributed by atoms with Crippen molar-refractivity contribution < 1.29 is 24.2 Å². The van der Waals surface area contributed by atoms with Crippen LogP contribution < -0.4 is 0 Å². The van der Waals surface area contributed by atoms with E-state index in [9.17, 15) is 34.6 Å². The Hall–Kier alpha value is -2.67. The average molecular weight is 669 g/mol. The fraction of sp³-hybridized carbons (Fsp3) is 0.261. The van der Waals surface area contributed by atoms with E-state index in [-0.39, 0.29) is 27.0 Å². The summed E-state index contributed by atoms with van der Waals surface area (Å²) in [4.78, 5) is 58.1. The van der Waals surface area contributed by atoms with Crippen LogP contribution in [0.1, 0.15) is 15.9 Å². The number of halogens is 6. The standard InChI is InChI=1S/C23H12Cl6N4O7/c24-16-17(25)22(27)15-14(21(16,26)23(22,28)29)19(35)31(20(15)36)30(9-10-1-5-12(6-2-10)32(37)38)18(34)11-3-7-13(8-4-11)33(39)40/h1-8,14-15H,9H2/t14-,15+,21-,22-/m1/s1. The lowest BCUT2D eigenvalue weighted by Gasteiger charge is -2.37. The second-order valence-corrected chi connectivity index (χ2v) is 12.4. The van der Waals surface area contributed by atoms with Crippen LogP contribution >= 0.6 is 69.6 Å². The topological polar surface area (TPSA) is 144 Å². The molecule has 3 amide bonds. The molecule has 5 rings (SSSR count). The van der Waals surface area contributed by atoms with Gasteiger partial charge in [-0.3, -0.25) is 34.6 Å². The van der Waals surface area contributed by atoms with E-state index < -0.39 is 60.0 Å². The maximum Gasteiger partial charge on any atom is 0.273 e. The van der Waals surface area contributed by atoms with Gasteiger partial charge in [0.15, 0.2) is 4.33 Å². The minimum Gasteiger partial charge on any atom is -0.272 e. The second kappa shape index (κ2) is 9.43. The number of nitro benzene ring substituents is 2. The minimum absolute atomic E-state index is 0.118. The van der Waals surface area contributed by atoms with E-state index in [1.807, 2.05) is 0 Å². The van der Waals surface area contributed by atoms with Crippen molar-refractivity contribution in [2.75, 3.05) is 0 Å². The first-order valence-corrected chi connectivity index (χ1v) is 13.4. The normalized spacial score (nSPS) is 28.2. The van der Waals surface area contributed by atoms with E-state index in [0.717, 1.165) is 29.3 Å². The van der Waals surface area contributed by atoms with Crippen LogP contribution in [0.2, 0.25) is 0 Å². The van der Waals surface area contributed by atoms with Crippen molar-refractivity contribution in [1.29, 1.82) is 0 Å². The minimum atomic E-state index is -2.18. The molecule has 1 aliphatic heterocycles. The molecule has 0 radical (unpaired) electrons. The number of amides is 3. The number of alkyl halides is 4. The summed E-state index contributed by atoms with van der Waals surface area (Å²) in [5.74, 6) is -5.96. The lowest BCUT2D eigenvalue weighted by Crippen LogP contribution is -2.55. The van der Waals surface area contributed by atoms with Gasteiger partial charge in [0.05, 0.1) is 38.3 Å². The maximum absolute atomic E-state index is 13.9. The van der Waals surface area contributed by atoms with Crippen molar-refractivity contribution in [2.24, 2.45) is 11.8 Å². The molecule has 2 bridgehead atoms. The Kier molecular flexibility index (Phi) is 6.80. The molecule has 208 valence electrons. The molecule has 1 saturated carbocycles. The van der Waals surface area contributed by atoms with E-state index in [2.05, 4.69) is 0 Å². The van der Waals surface area contributed by atoms with E-state index >= 15 is 0 Å². The molecule has 2 aromatic carbocycles. The zero-order chi connectivity index (χ0) is 29.5. The zero-order valence-electron chi connectivity index (χ0n) is 19.4. The van der Waals surface area contributed by atoms with Crippen LogP contribution in [0.3, 0.4) is 0 Å². The molecular weight excluding hydrogens is 657 g/mol. The molecule has 1 heterocycles. The lowest BCUT2D eigenvalue weighted by atomic mass is 9.84. The van der Waals surface area contributed by atoms with Crippen LogP contribution in [0.5, 0.6) is 0 Å². The van der Waals surface area contributed by atoms with Crippen LogP contribution in [0, 0.1) is 32.1 Å². The highest BCUT2D eigenvalue weighted by Crippen LogP contribution is 2.77. The van der Waals surface area contributed by atoms with Gasteiger partial charge in [-0.05, 0) is 17.7 Å². The number of nitro groups is 2. The van der Waals surface area contributed by atoms with E-state index in [1.54, 1.807) is 0 Å². The number of allylic oxidation sites excluding steroid dienone is 2. The van der Waals surface area contributed by atoms with Crippen molar-refractivity contribution in [1.82, 2.24) is 10.0 Å². The quantitative estimate of drug-likeness (QED) is 0.171. The van der Waals surface area contributed by atoms with Gasteiger partial charge in [-0.15, -0.1) is 23.2 Å². The van der Waals surface area contributed by atoms with E-state index in [1.165, 1.54) is 24.3 Å². The Morgan fingerprint density at radius 3 is 1.60 bits per heavy atom. The van der Waals surface area contributed by atoms with Gasteiger partial charge in [-0.1, -0.05) is 58.5 Å². The highest BCUT2D eigenvalue weighted by Gasteiger charge is 2.88. The summed E-state index contributed by atoms with van der Waals surface area (Å²) in [5.41, 5.74) is -0.365. The maximum atomic E-state index is 13.9. The van der Waals surface area contributed by atoms with E-state index in [4.69, 9.17) is 69.6 Å². The predicted molar refractivity (Wildman–Crippen MR) is 145 cm³/mol. The van der Waals surface area contributed by atoms with Crippen molar-refractivity contribution in [3.8, 4) is 0 Å². The van der Waals surface area contributed by atoms with Crippen molar-refractivity contribution in [3.05, 3.63) is 90.0 Å². The Labute approximate surface area is 254 Å². The zero-order valence-corrected chi connectivity index (χ0v) is 23.9. The molecule has 0 spiro atoms. The summed E-state index contributed by atoms with van der Waals surface area (Å²) in [6, 6.07) is 9.42. The van der Waals surface area contributed by atoms with Gasteiger partial charge in [0.25, 0.3) is 29.1 Å². The third-order valence-corrected chi connectivity index (χ3v) is 11.4. The monoisotopic (exact) mass is 666 g/mol. The summed E-state index contributed by atoms with van der Waals surface area (Å²) in [6.07, 6.45) is 0. The average Bonchev–Trinajstić information content (AvgIpc) is 3.30. The van der Waals surface area contributed by atoms with Crippen LogP contribution in [-0.4, -0.2) is 51.7 Å². The SMILES string of the molecule is O=C(c1ccc([N+](=O)[O-])cc1)N(Cc1ccc([N+](=O)[O-])cc1)N1C(=O)[C@@H]2[C@H](C1=O)[C@@]1(Cl)C(Cl)=C(Cl)[C@@]2(Cl)C1(Cl)Cl. The van der Waals surface area contributed by atoms with Crippen molar-refractivity contribution in [3.63, 3.8) is 0 Å². The summed E-state index contributed by atoms with van der Waals surface area (Å²) in [6.45, 7) is -0.433. The number of carbonyl (C=O) groups is 3. The Morgan fingerprint density at radius 1 is 0.800 bits per heavy atom. The second-order valence-electron chi connectivity index (χ2n) is 9.16. The van der Waals surface area contributed by atoms with Gasteiger partial charge < -0.3 is 0 Å². The molecular formula is C23H12Cl6N4O7. The highest BCUT2D eigenvalue weighted by atomic mass is 35.5. The Bertz CT molecular complexity index is 1500. The number of hydrazine groups is 1. The van der Waals surface area contributed by atoms with Crippen LogP contribution in [0.25, 0.3) is 0 Å². The molecule has 11 nitrogen and oxygen atoms in total. The number of nitrogens with zero attached hydrogens (tertiary/aromatic N) is 4. The van der Waals surface area contributed by atoms with Gasteiger partial charge in [0, 0.05) is 29.8 Å². The smallest absolute Gasteiger partial charge is 0.272 e. The number of benzene rings is 2. The van der Waals surface area contributed by atoms with Crippen molar-refractivity contribution in [2.45, 2.75) is 20.6 Å². The molecule has 0 unspecified atom stereocenters. The molecule has 3 aliphatic rings. The largest absolute Gasteiger partial charge is 0.273 e. The molecule has 1 saturated heterocycles. The summed E-state index contributed by atoms with van der Waals surface area (Å²) < 4.78 is -2.18. The summed E-state index contributed by atoms with van der Waals surface area (Å²) in [7, 11) is 0. The molecule has 0 aromatic heterocycles. The van der Waals surface area contributed by atoms with Gasteiger partial charge in [0.2, 0.25) is 0 Å². The number of rotatable bonds is 6. The number of non-ortho nitro benzene ring substituents is 2. The summed E-state index contributed by atoms with van der Waals surface area (Å²) >= 11 is 39.2. The van der Waals surface area contributed by atoms with Crippen LogP contribution in [-0.2, 0) is 16.1 Å². The molecule has 4 atom stereocenters. The highest BCUT2D eigenvalue weighted by molar-refractivity contribution is 6.66. The number of hydrogen-bond donors (Lipinski definition) is 0. The molecule has 2 aliphatic carbocycles. The number of carbonyl (C=O) groups excluding carboxylic acids is 3. The molecule has 40 heavy (non-hydrogen) atoms. The van der Waals surface area contributed by atoms with Crippen molar-refractivity contribution >= 4 is 98.7 Å². The molecule has 2 fully saturated rings. The fourth-order valence-electron chi connectivity index (χ4n) is 5.22. The third-order valence-electron chi connectivity index (χ3n) is 7.17. The molecule has 0 N–H and O–H groups in total. The summed E-state index contributed by atoms with van der Waals surface area (Å²) in [5, 5.41) is 22.8. The number of imide groups is 1. The Balaban J connectivity index is 1.59.